The van der Waals surface area contributed by atoms with Crippen molar-refractivity contribution in [1.82, 2.24) is 19.4 Å². The molecule has 2 heterocycles. The number of ether oxygens (including phenoxy) is 1. The van der Waals surface area contributed by atoms with Crippen LogP contribution in [0.3, 0.4) is 0 Å². The highest BCUT2D eigenvalue weighted by Crippen LogP contribution is 2.18. The van der Waals surface area contributed by atoms with Gasteiger partial charge in [0.25, 0.3) is 5.91 Å². The Balaban J connectivity index is 1.65. The maximum absolute atomic E-state index is 12.5. The summed E-state index contributed by atoms with van der Waals surface area (Å²) in [5, 5.41) is 7.03. The van der Waals surface area contributed by atoms with E-state index in [1.807, 2.05) is 12.3 Å². The topological polar surface area (TPSA) is 93.5 Å². The largest absolute Gasteiger partial charge is 0.379 e. The Bertz CT molecular complexity index is 847. The summed E-state index contributed by atoms with van der Waals surface area (Å²) in [6.45, 7) is 0.626. The van der Waals surface area contributed by atoms with E-state index in [0.717, 1.165) is 5.69 Å². The number of benzene rings is 1. The maximum Gasteiger partial charge on any atom is 0.251 e. The average molecular weight is 378 g/mol. The third-order valence-corrected chi connectivity index (χ3v) is 6.36. The van der Waals surface area contributed by atoms with Crippen LogP contribution in [0.1, 0.15) is 10.4 Å². The highest BCUT2D eigenvalue weighted by atomic mass is 32.2. The second-order valence-electron chi connectivity index (χ2n) is 6.44. The minimum absolute atomic E-state index is 0.0524. The molecule has 140 valence electrons. The SMILES string of the molecule is CN(C)S(=O)(=O)C[C@@H]1COC[C@H]1NC(=O)c1ccc(-n2cccn2)cc1. The van der Waals surface area contributed by atoms with Crippen LogP contribution in [0.25, 0.3) is 5.69 Å². The van der Waals surface area contributed by atoms with E-state index in [1.165, 1.54) is 18.4 Å². The van der Waals surface area contributed by atoms with Gasteiger partial charge in [0, 0.05) is 38.0 Å². The third kappa shape index (κ3) is 4.12. The van der Waals surface area contributed by atoms with Gasteiger partial charge in [0.15, 0.2) is 0 Å². The number of amides is 1. The molecule has 0 saturated carbocycles. The molecule has 9 heteroatoms. The van der Waals surface area contributed by atoms with E-state index in [9.17, 15) is 13.2 Å². The van der Waals surface area contributed by atoms with Gasteiger partial charge < -0.3 is 10.1 Å². The molecule has 1 aromatic carbocycles. The summed E-state index contributed by atoms with van der Waals surface area (Å²) < 4.78 is 32.5. The lowest BCUT2D eigenvalue weighted by Crippen LogP contribution is -2.43. The minimum Gasteiger partial charge on any atom is -0.379 e. The van der Waals surface area contributed by atoms with Gasteiger partial charge in [-0.25, -0.2) is 17.4 Å². The molecule has 1 N–H and O–H groups in total. The van der Waals surface area contributed by atoms with Gasteiger partial charge >= 0.3 is 0 Å². The zero-order valence-electron chi connectivity index (χ0n) is 14.7. The van der Waals surface area contributed by atoms with Crippen molar-refractivity contribution in [2.45, 2.75) is 6.04 Å². The zero-order valence-corrected chi connectivity index (χ0v) is 15.5. The molecule has 0 radical (unpaired) electrons. The lowest BCUT2D eigenvalue weighted by molar-refractivity contribution is 0.0926. The number of nitrogens with zero attached hydrogens (tertiary/aromatic N) is 3. The lowest BCUT2D eigenvalue weighted by atomic mass is 10.1. The van der Waals surface area contributed by atoms with Crippen molar-refractivity contribution in [3.05, 3.63) is 48.3 Å². The second kappa shape index (κ2) is 7.56. The number of sulfonamides is 1. The molecule has 1 aliphatic rings. The van der Waals surface area contributed by atoms with Crippen LogP contribution in [0.15, 0.2) is 42.7 Å². The van der Waals surface area contributed by atoms with Crippen molar-refractivity contribution in [1.29, 1.82) is 0 Å². The van der Waals surface area contributed by atoms with Crippen molar-refractivity contribution in [3.8, 4) is 5.69 Å². The fraction of sp³-hybridized carbons (Fsp3) is 0.412. The zero-order chi connectivity index (χ0) is 18.7. The Hall–Kier alpha value is -2.23. The van der Waals surface area contributed by atoms with Gasteiger partial charge in [-0.3, -0.25) is 4.79 Å². The van der Waals surface area contributed by atoms with Gasteiger partial charge in [0.05, 0.1) is 30.7 Å². The molecule has 1 aromatic heterocycles. The van der Waals surface area contributed by atoms with Gasteiger partial charge in [0.2, 0.25) is 10.0 Å². The molecule has 0 bridgehead atoms. The fourth-order valence-corrected chi connectivity index (χ4v) is 3.95. The molecule has 26 heavy (non-hydrogen) atoms. The Morgan fingerprint density at radius 3 is 2.65 bits per heavy atom. The molecule has 0 unspecified atom stereocenters. The molecule has 0 spiro atoms. The lowest BCUT2D eigenvalue weighted by Gasteiger charge is -2.21. The summed E-state index contributed by atoms with van der Waals surface area (Å²) in [7, 11) is -0.354. The molecule has 3 rings (SSSR count). The maximum atomic E-state index is 12.5. The summed E-state index contributed by atoms with van der Waals surface area (Å²) in [5.41, 5.74) is 1.35. The molecular weight excluding hydrogens is 356 g/mol. The minimum atomic E-state index is -3.35. The van der Waals surface area contributed by atoms with E-state index in [1.54, 1.807) is 35.1 Å². The van der Waals surface area contributed by atoms with Crippen LogP contribution in [-0.4, -0.2) is 67.5 Å². The Labute approximate surface area is 152 Å². The molecule has 1 aliphatic heterocycles. The van der Waals surface area contributed by atoms with Crippen molar-refractivity contribution in [2.75, 3.05) is 33.1 Å². The number of rotatable bonds is 6. The summed E-state index contributed by atoms with van der Waals surface area (Å²) in [5.74, 6) is -0.571. The van der Waals surface area contributed by atoms with Gasteiger partial charge in [-0.1, -0.05) is 0 Å². The number of carbonyl (C=O) groups is 1. The Morgan fingerprint density at radius 2 is 2.04 bits per heavy atom. The molecule has 1 fully saturated rings. The Morgan fingerprint density at radius 1 is 1.31 bits per heavy atom. The highest BCUT2D eigenvalue weighted by Gasteiger charge is 2.34. The first-order valence-corrected chi connectivity index (χ1v) is 9.86. The van der Waals surface area contributed by atoms with Crippen LogP contribution in [0.2, 0.25) is 0 Å². The quantitative estimate of drug-likeness (QED) is 0.790. The molecule has 1 amide bonds. The van der Waals surface area contributed by atoms with Gasteiger partial charge in [-0.15, -0.1) is 0 Å². The number of hydrogen-bond acceptors (Lipinski definition) is 5. The third-order valence-electron chi connectivity index (χ3n) is 4.39. The summed E-state index contributed by atoms with van der Waals surface area (Å²) in [6, 6.07) is 8.54. The molecule has 2 aromatic rings. The first-order chi connectivity index (χ1) is 12.4. The summed E-state index contributed by atoms with van der Waals surface area (Å²) in [6.07, 6.45) is 3.50. The van der Waals surface area contributed by atoms with Crippen LogP contribution in [0, 0.1) is 5.92 Å². The molecule has 1 saturated heterocycles. The van der Waals surface area contributed by atoms with Gasteiger partial charge in [-0.2, -0.15) is 5.10 Å². The van der Waals surface area contributed by atoms with Crippen molar-refractivity contribution in [2.24, 2.45) is 5.92 Å². The van der Waals surface area contributed by atoms with Crippen LogP contribution in [0.4, 0.5) is 0 Å². The van der Waals surface area contributed by atoms with E-state index in [2.05, 4.69) is 10.4 Å². The number of aromatic nitrogens is 2. The van der Waals surface area contributed by atoms with E-state index >= 15 is 0 Å². The molecule has 8 nitrogen and oxygen atoms in total. The standard InChI is InChI=1S/C17H22N4O4S/c1-20(2)26(23,24)12-14-10-25-11-16(14)19-17(22)13-4-6-15(7-5-13)21-9-3-8-18-21/h3-9,14,16H,10-12H2,1-2H3,(H,19,22)/t14-,16+/m0/s1. The van der Waals surface area contributed by atoms with Crippen molar-refractivity contribution >= 4 is 15.9 Å². The molecular formula is C17H22N4O4S. The van der Waals surface area contributed by atoms with Crippen molar-refractivity contribution < 1.29 is 17.9 Å². The first-order valence-electron chi connectivity index (χ1n) is 8.26. The monoisotopic (exact) mass is 378 g/mol. The van der Waals surface area contributed by atoms with E-state index in [-0.39, 0.29) is 23.6 Å². The number of nitrogens with one attached hydrogen (secondary N) is 1. The smallest absolute Gasteiger partial charge is 0.251 e. The number of carbonyl (C=O) groups excluding carboxylic acids is 1. The Kier molecular flexibility index (Phi) is 5.40. The highest BCUT2D eigenvalue weighted by molar-refractivity contribution is 7.89. The first kappa shape index (κ1) is 18.6. The van der Waals surface area contributed by atoms with Crippen molar-refractivity contribution in [3.63, 3.8) is 0 Å². The summed E-state index contributed by atoms with van der Waals surface area (Å²) >= 11 is 0. The number of hydrogen-bond donors (Lipinski definition) is 1. The van der Waals surface area contributed by atoms with Crippen LogP contribution in [-0.2, 0) is 14.8 Å². The van der Waals surface area contributed by atoms with E-state index in [4.69, 9.17) is 4.74 Å². The normalized spacial score (nSPS) is 20.4. The average Bonchev–Trinajstić information content (AvgIpc) is 3.27. The van der Waals surface area contributed by atoms with Crippen LogP contribution >= 0.6 is 0 Å². The van der Waals surface area contributed by atoms with E-state index < -0.39 is 10.0 Å². The summed E-state index contributed by atoms with van der Waals surface area (Å²) in [4.78, 5) is 12.5. The predicted octanol–water partition coefficient (Wildman–Crippen LogP) is 0.509. The van der Waals surface area contributed by atoms with Crippen LogP contribution < -0.4 is 5.32 Å². The van der Waals surface area contributed by atoms with Crippen LogP contribution in [0.5, 0.6) is 0 Å². The fourth-order valence-electron chi connectivity index (χ4n) is 2.78. The van der Waals surface area contributed by atoms with Gasteiger partial charge in [0.1, 0.15) is 0 Å². The molecule has 0 aliphatic carbocycles. The van der Waals surface area contributed by atoms with Gasteiger partial charge in [-0.05, 0) is 30.3 Å². The van der Waals surface area contributed by atoms with E-state index in [0.29, 0.717) is 18.8 Å². The predicted molar refractivity (Wildman–Crippen MR) is 96.6 cm³/mol. The second-order valence-corrected chi connectivity index (χ2v) is 8.66. The molecule has 2 atom stereocenters.